The highest BCUT2D eigenvalue weighted by Crippen LogP contribution is 2.09. The van der Waals surface area contributed by atoms with Crippen LogP contribution in [0.3, 0.4) is 0 Å². The molecule has 2 heterocycles. The van der Waals surface area contributed by atoms with E-state index in [9.17, 15) is 9.59 Å². The third-order valence-electron chi connectivity index (χ3n) is 3.37. The van der Waals surface area contributed by atoms with Crippen molar-refractivity contribution in [1.29, 1.82) is 0 Å². The Bertz CT molecular complexity index is 746. The first kappa shape index (κ1) is 16.9. The van der Waals surface area contributed by atoms with E-state index in [-0.39, 0.29) is 17.3 Å². The highest BCUT2D eigenvalue weighted by molar-refractivity contribution is 5.92. The summed E-state index contributed by atoms with van der Waals surface area (Å²) in [5.41, 5.74) is 1.45. The molecule has 0 aliphatic heterocycles. The lowest BCUT2D eigenvalue weighted by Gasteiger charge is -2.09. The minimum absolute atomic E-state index is 0.256. The predicted molar refractivity (Wildman–Crippen MR) is 85.3 cm³/mol. The van der Waals surface area contributed by atoms with E-state index < -0.39 is 0 Å². The van der Waals surface area contributed by atoms with Crippen LogP contribution in [0.4, 0.5) is 0 Å². The fourth-order valence-corrected chi connectivity index (χ4v) is 2.34. The van der Waals surface area contributed by atoms with Crippen molar-refractivity contribution >= 4 is 5.91 Å². The van der Waals surface area contributed by atoms with Gasteiger partial charge in [-0.05, 0) is 25.8 Å². The summed E-state index contributed by atoms with van der Waals surface area (Å²) in [5.74, 6) is 0.817. The predicted octanol–water partition coefficient (Wildman–Crippen LogP) is 1.48. The summed E-state index contributed by atoms with van der Waals surface area (Å²) in [7, 11) is 0. The van der Waals surface area contributed by atoms with Crippen molar-refractivity contribution in [3.05, 3.63) is 45.5 Å². The minimum atomic E-state index is -0.311. The van der Waals surface area contributed by atoms with Gasteiger partial charge in [-0.2, -0.15) is 4.98 Å². The second-order valence-electron chi connectivity index (χ2n) is 6.01. The molecule has 0 fully saturated rings. The SMILES string of the molecule is Cc1cc(C)n(CCNC(=O)c2cc(CC(C)C)on2)c(=O)n1. The van der Waals surface area contributed by atoms with Crippen molar-refractivity contribution in [2.45, 2.75) is 40.7 Å². The zero-order valence-electron chi connectivity index (χ0n) is 13.9. The highest BCUT2D eigenvalue weighted by atomic mass is 16.5. The normalized spacial score (nSPS) is 11.0. The van der Waals surface area contributed by atoms with Crippen LogP contribution in [0.25, 0.3) is 0 Å². The molecule has 124 valence electrons. The first-order valence-electron chi connectivity index (χ1n) is 7.65. The van der Waals surface area contributed by atoms with Gasteiger partial charge < -0.3 is 9.84 Å². The van der Waals surface area contributed by atoms with Gasteiger partial charge in [0, 0.05) is 37.0 Å². The van der Waals surface area contributed by atoms with Gasteiger partial charge in [0.15, 0.2) is 5.69 Å². The Labute approximate surface area is 134 Å². The Hall–Kier alpha value is -2.44. The number of rotatable bonds is 6. The van der Waals surface area contributed by atoms with Gasteiger partial charge in [-0.25, -0.2) is 4.79 Å². The molecule has 0 atom stereocenters. The molecule has 0 unspecified atom stereocenters. The molecule has 2 rings (SSSR count). The molecule has 0 radical (unpaired) electrons. The second kappa shape index (κ2) is 7.21. The van der Waals surface area contributed by atoms with Crippen molar-refractivity contribution in [3.63, 3.8) is 0 Å². The summed E-state index contributed by atoms with van der Waals surface area (Å²) in [6.07, 6.45) is 0.740. The Morgan fingerprint density at radius 2 is 2.09 bits per heavy atom. The average Bonchev–Trinajstić information content (AvgIpc) is 2.89. The molecule has 2 aromatic rings. The van der Waals surface area contributed by atoms with E-state index in [2.05, 4.69) is 29.3 Å². The number of carbonyl (C=O) groups excluding carboxylic acids is 1. The topological polar surface area (TPSA) is 90.0 Å². The van der Waals surface area contributed by atoms with Crippen molar-refractivity contribution in [3.8, 4) is 0 Å². The van der Waals surface area contributed by atoms with Gasteiger partial charge >= 0.3 is 5.69 Å². The first-order chi connectivity index (χ1) is 10.9. The van der Waals surface area contributed by atoms with E-state index in [1.165, 1.54) is 4.57 Å². The quantitative estimate of drug-likeness (QED) is 0.871. The molecule has 23 heavy (non-hydrogen) atoms. The number of hydrogen-bond acceptors (Lipinski definition) is 5. The zero-order chi connectivity index (χ0) is 17.0. The highest BCUT2D eigenvalue weighted by Gasteiger charge is 2.13. The Balaban J connectivity index is 1.93. The molecule has 0 bridgehead atoms. The van der Waals surface area contributed by atoms with E-state index in [0.717, 1.165) is 12.1 Å². The van der Waals surface area contributed by atoms with Crippen LogP contribution >= 0.6 is 0 Å². The van der Waals surface area contributed by atoms with Gasteiger partial charge in [0.05, 0.1) is 0 Å². The Kier molecular flexibility index (Phi) is 5.31. The van der Waals surface area contributed by atoms with Gasteiger partial charge in [0.25, 0.3) is 5.91 Å². The molecule has 1 N–H and O–H groups in total. The van der Waals surface area contributed by atoms with E-state index in [1.807, 2.05) is 13.0 Å². The Morgan fingerprint density at radius 3 is 2.74 bits per heavy atom. The van der Waals surface area contributed by atoms with Gasteiger partial charge in [-0.15, -0.1) is 0 Å². The molecule has 7 heteroatoms. The zero-order valence-corrected chi connectivity index (χ0v) is 13.9. The van der Waals surface area contributed by atoms with Crippen LogP contribution in [-0.4, -0.2) is 27.2 Å². The number of aryl methyl sites for hydroxylation is 2. The third-order valence-corrected chi connectivity index (χ3v) is 3.37. The number of amides is 1. The number of hydrogen-bond donors (Lipinski definition) is 1. The lowest BCUT2D eigenvalue weighted by atomic mass is 10.1. The van der Waals surface area contributed by atoms with Crippen LogP contribution in [0, 0.1) is 19.8 Å². The molecular weight excluding hydrogens is 296 g/mol. The summed E-state index contributed by atoms with van der Waals surface area (Å²) in [4.78, 5) is 27.7. The molecule has 0 spiro atoms. The maximum atomic E-state index is 12.0. The van der Waals surface area contributed by atoms with Crippen molar-refractivity contribution < 1.29 is 9.32 Å². The summed E-state index contributed by atoms with van der Waals surface area (Å²) in [6.45, 7) is 8.43. The molecular formula is C16H22N4O3. The summed E-state index contributed by atoms with van der Waals surface area (Å²) < 4.78 is 6.66. The van der Waals surface area contributed by atoms with Crippen LogP contribution in [0.15, 0.2) is 21.5 Å². The van der Waals surface area contributed by atoms with E-state index >= 15 is 0 Å². The Morgan fingerprint density at radius 1 is 1.35 bits per heavy atom. The molecule has 0 saturated heterocycles. The van der Waals surface area contributed by atoms with E-state index in [1.54, 1.807) is 13.0 Å². The third kappa shape index (κ3) is 4.51. The molecule has 7 nitrogen and oxygen atoms in total. The molecule has 0 aliphatic carbocycles. The molecule has 1 amide bonds. The fraction of sp³-hybridized carbons (Fsp3) is 0.500. The smallest absolute Gasteiger partial charge is 0.348 e. The van der Waals surface area contributed by atoms with E-state index in [0.29, 0.717) is 30.5 Å². The van der Waals surface area contributed by atoms with Crippen LogP contribution in [0.2, 0.25) is 0 Å². The molecule has 0 aromatic carbocycles. The van der Waals surface area contributed by atoms with Crippen LogP contribution < -0.4 is 11.0 Å². The monoisotopic (exact) mass is 318 g/mol. The van der Waals surface area contributed by atoms with Crippen LogP contribution in [0.1, 0.15) is 41.5 Å². The van der Waals surface area contributed by atoms with E-state index in [4.69, 9.17) is 4.52 Å². The summed E-state index contributed by atoms with van der Waals surface area (Å²) >= 11 is 0. The molecule has 2 aromatic heterocycles. The van der Waals surface area contributed by atoms with Crippen LogP contribution in [-0.2, 0) is 13.0 Å². The number of carbonyl (C=O) groups is 1. The first-order valence-corrected chi connectivity index (χ1v) is 7.65. The van der Waals surface area contributed by atoms with Gasteiger partial charge in [0.2, 0.25) is 0 Å². The lowest BCUT2D eigenvalue weighted by molar-refractivity contribution is 0.0943. The molecule has 0 aliphatic rings. The number of nitrogens with zero attached hydrogens (tertiary/aromatic N) is 3. The van der Waals surface area contributed by atoms with Gasteiger partial charge in [-0.3, -0.25) is 9.36 Å². The van der Waals surface area contributed by atoms with Gasteiger partial charge in [-0.1, -0.05) is 19.0 Å². The standard InChI is InChI=1S/C16H22N4O3/c1-10(2)7-13-9-14(19-23-13)15(21)17-5-6-20-12(4)8-11(3)18-16(20)22/h8-10H,5-7H2,1-4H3,(H,17,21). The largest absolute Gasteiger partial charge is 0.361 e. The maximum Gasteiger partial charge on any atom is 0.348 e. The fourth-order valence-electron chi connectivity index (χ4n) is 2.34. The average molecular weight is 318 g/mol. The second-order valence-corrected chi connectivity index (χ2v) is 6.01. The maximum absolute atomic E-state index is 12.0. The van der Waals surface area contributed by atoms with Crippen molar-refractivity contribution in [1.82, 2.24) is 20.0 Å². The summed E-state index contributed by atoms with van der Waals surface area (Å²) in [6, 6.07) is 3.49. The van der Waals surface area contributed by atoms with Gasteiger partial charge in [0.1, 0.15) is 5.76 Å². The number of nitrogens with one attached hydrogen (secondary N) is 1. The van der Waals surface area contributed by atoms with Crippen molar-refractivity contribution in [2.24, 2.45) is 5.92 Å². The minimum Gasteiger partial charge on any atom is -0.361 e. The van der Waals surface area contributed by atoms with Crippen LogP contribution in [0.5, 0.6) is 0 Å². The lowest BCUT2D eigenvalue weighted by Crippen LogP contribution is -2.33. The number of aromatic nitrogens is 3. The molecule has 0 saturated carbocycles. The van der Waals surface area contributed by atoms with Crippen molar-refractivity contribution in [2.75, 3.05) is 6.54 Å². The summed E-state index contributed by atoms with van der Waals surface area (Å²) in [5, 5.41) is 6.51.